The standard InChI is InChI=1S/C22H26N4O4/c1-15-14-27-10-4-12-29-22-23-9-8-18(24-22)21-17-13-16(30-15)6-7-19(17)26(25-21)20-5-2-3-11-28-20/h6-9,13,15,20H,2-5,10-12,14H2,1H3/t15-,20?/m0/s1. The zero-order valence-electron chi connectivity index (χ0n) is 17.1. The summed E-state index contributed by atoms with van der Waals surface area (Å²) < 4.78 is 25.5. The molecule has 3 aromatic rings. The molecule has 8 nitrogen and oxygen atoms in total. The molecule has 0 amide bonds. The summed E-state index contributed by atoms with van der Waals surface area (Å²) in [7, 11) is 0. The molecule has 0 radical (unpaired) electrons. The van der Waals surface area contributed by atoms with Gasteiger partial charge in [-0.05, 0) is 50.5 Å². The molecule has 4 bridgehead atoms. The smallest absolute Gasteiger partial charge is 0.316 e. The summed E-state index contributed by atoms with van der Waals surface area (Å²) in [5, 5.41) is 5.89. The van der Waals surface area contributed by atoms with Crippen LogP contribution in [0.4, 0.5) is 0 Å². The SMILES string of the molecule is C[C@H]1COCCCOc2nccc(n2)-c2nn(C3CCCCO3)c3ccc(cc23)O1. The van der Waals surface area contributed by atoms with Gasteiger partial charge >= 0.3 is 6.01 Å². The van der Waals surface area contributed by atoms with Crippen molar-refractivity contribution < 1.29 is 18.9 Å². The number of rotatable bonds is 1. The molecular weight excluding hydrogens is 384 g/mol. The van der Waals surface area contributed by atoms with Crippen LogP contribution in [0.25, 0.3) is 22.3 Å². The minimum atomic E-state index is -0.0720. The molecule has 0 spiro atoms. The van der Waals surface area contributed by atoms with Gasteiger partial charge in [0, 0.05) is 31.2 Å². The molecule has 1 fully saturated rings. The molecule has 2 aromatic heterocycles. The van der Waals surface area contributed by atoms with Crippen molar-refractivity contribution in [2.75, 3.05) is 26.4 Å². The fourth-order valence-electron chi connectivity index (χ4n) is 3.90. The molecule has 8 heteroatoms. The maximum atomic E-state index is 6.10. The lowest BCUT2D eigenvalue weighted by atomic mass is 10.1. The summed E-state index contributed by atoms with van der Waals surface area (Å²) in [6.45, 7) is 4.37. The molecule has 2 aliphatic rings. The van der Waals surface area contributed by atoms with Gasteiger partial charge in [-0.3, -0.25) is 0 Å². The summed E-state index contributed by atoms with van der Waals surface area (Å²) >= 11 is 0. The topological polar surface area (TPSA) is 80.5 Å². The predicted octanol–water partition coefficient (Wildman–Crippen LogP) is 3.76. The number of fused-ring (bicyclic) bond motifs is 4. The second kappa shape index (κ2) is 8.57. The monoisotopic (exact) mass is 410 g/mol. The van der Waals surface area contributed by atoms with Crippen LogP contribution < -0.4 is 9.47 Å². The highest BCUT2D eigenvalue weighted by molar-refractivity contribution is 5.93. The van der Waals surface area contributed by atoms with Crippen LogP contribution in [0, 0.1) is 0 Å². The molecule has 0 saturated carbocycles. The second-order valence-corrected chi connectivity index (χ2v) is 7.72. The zero-order valence-corrected chi connectivity index (χ0v) is 17.1. The highest BCUT2D eigenvalue weighted by Crippen LogP contribution is 2.34. The van der Waals surface area contributed by atoms with Crippen LogP contribution in [-0.4, -0.2) is 52.3 Å². The molecule has 0 N–H and O–H groups in total. The first-order valence-electron chi connectivity index (χ1n) is 10.6. The first-order valence-corrected chi connectivity index (χ1v) is 10.6. The van der Waals surface area contributed by atoms with E-state index in [-0.39, 0.29) is 12.3 Å². The average molecular weight is 410 g/mol. The zero-order chi connectivity index (χ0) is 20.3. The van der Waals surface area contributed by atoms with Crippen molar-refractivity contribution in [3.8, 4) is 23.1 Å². The van der Waals surface area contributed by atoms with Crippen LogP contribution in [0.15, 0.2) is 30.5 Å². The van der Waals surface area contributed by atoms with E-state index in [1.807, 2.05) is 35.9 Å². The number of benzene rings is 1. The normalized spacial score (nSPS) is 22.7. The van der Waals surface area contributed by atoms with Crippen molar-refractivity contribution in [1.82, 2.24) is 19.7 Å². The lowest BCUT2D eigenvalue weighted by Crippen LogP contribution is -2.20. The molecule has 30 heavy (non-hydrogen) atoms. The van der Waals surface area contributed by atoms with E-state index in [1.54, 1.807) is 6.20 Å². The Labute approximate surface area is 175 Å². The van der Waals surface area contributed by atoms with E-state index in [9.17, 15) is 0 Å². The van der Waals surface area contributed by atoms with E-state index in [2.05, 4.69) is 9.97 Å². The third kappa shape index (κ3) is 3.97. The van der Waals surface area contributed by atoms with Crippen molar-refractivity contribution in [3.05, 3.63) is 30.5 Å². The van der Waals surface area contributed by atoms with Gasteiger partial charge in [-0.1, -0.05) is 0 Å². The van der Waals surface area contributed by atoms with Gasteiger partial charge in [0.05, 0.1) is 24.4 Å². The van der Waals surface area contributed by atoms with Gasteiger partial charge in [-0.15, -0.1) is 0 Å². The number of nitrogens with zero attached hydrogens (tertiary/aromatic N) is 4. The Balaban J connectivity index is 1.63. The van der Waals surface area contributed by atoms with E-state index in [0.29, 0.717) is 25.8 Å². The van der Waals surface area contributed by atoms with Crippen LogP contribution >= 0.6 is 0 Å². The summed E-state index contributed by atoms with van der Waals surface area (Å²) in [5.74, 6) is 0.782. The van der Waals surface area contributed by atoms with Gasteiger partial charge in [-0.2, -0.15) is 10.1 Å². The van der Waals surface area contributed by atoms with Gasteiger partial charge in [-0.25, -0.2) is 9.67 Å². The Hall–Kier alpha value is -2.71. The molecular formula is C22H26N4O4. The van der Waals surface area contributed by atoms with Crippen molar-refractivity contribution in [3.63, 3.8) is 0 Å². The first-order chi connectivity index (χ1) is 14.8. The maximum Gasteiger partial charge on any atom is 0.316 e. The highest BCUT2D eigenvalue weighted by atomic mass is 16.5. The van der Waals surface area contributed by atoms with Crippen molar-refractivity contribution in [2.45, 2.75) is 44.9 Å². The number of hydrogen-bond donors (Lipinski definition) is 0. The molecule has 1 aromatic carbocycles. The van der Waals surface area contributed by atoms with Gasteiger partial charge in [0.1, 0.15) is 17.5 Å². The first kappa shape index (κ1) is 19.3. The van der Waals surface area contributed by atoms with Gasteiger partial charge in [0.2, 0.25) is 0 Å². The molecule has 4 heterocycles. The Kier molecular flexibility index (Phi) is 5.50. The highest BCUT2D eigenvalue weighted by Gasteiger charge is 2.23. The molecule has 2 atom stereocenters. The molecule has 2 aliphatic heterocycles. The fraction of sp³-hybridized carbons (Fsp3) is 0.500. The van der Waals surface area contributed by atoms with E-state index < -0.39 is 0 Å². The number of hydrogen-bond acceptors (Lipinski definition) is 7. The molecule has 1 saturated heterocycles. The average Bonchev–Trinajstić information content (AvgIpc) is 3.15. The third-order valence-electron chi connectivity index (χ3n) is 5.34. The lowest BCUT2D eigenvalue weighted by Gasteiger charge is -2.23. The van der Waals surface area contributed by atoms with E-state index >= 15 is 0 Å². The van der Waals surface area contributed by atoms with E-state index in [1.165, 1.54) is 0 Å². The van der Waals surface area contributed by atoms with Crippen molar-refractivity contribution >= 4 is 10.9 Å². The van der Waals surface area contributed by atoms with Crippen LogP contribution in [0.1, 0.15) is 38.8 Å². The molecule has 5 rings (SSSR count). The van der Waals surface area contributed by atoms with Crippen LogP contribution in [0.2, 0.25) is 0 Å². The summed E-state index contributed by atoms with van der Waals surface area (Å²) in [5.41, 5.74) is 2.49. The van der Waals surface area contributed by atoms with Crippen LogP contribution in [0.5, 0.6) is 11.8 Å². The third-order valence-corrected chi connectivity index (χ3v) is 5.34. The quantitative estimate of drug-likeness (QED) is 0.604. The van der Waals surface area contributed by atoms with Crippen molar-refractivity contribution in [1.29, 1.82) is 0 Å². The van der Waals surface area contributed by atoms with E-state index in [0.717, 1.165) is 60.3 Å². The predicted molar refractivity (Wildman–Crippen MR) is 111 cm³/mol. The number of aromatic nitrogens is 4. The van der Waals surface area contributed by atoms with Crippen LogP contribution in [0.3, 0.4) is 0 Å². The summed E-state index contributed by atoms with van der Waals surface area (Å²) in [6, 6.07) is 8.26. The van der Waals surface area contributed by atoms with Gasteiger partial charge in [0.25, 0.3) is 0 Å². The molecule has 0 aliphatic carbocycles. The molecule has 1 unspecified atom stereocenters. The lowest BCUT2D eigenvalue weighted by molar-refractivity contribution is -0.0365. The Morgan fingerprint density at radius 2 is 2.03 bits per heavy atom. The van der Waals surface area contributed by atoms with Gasteiger partial charge < -0.3 is 18.9 Å². The Morgan fingerprint density at radius 3 is 2.93 bits per heavy atom. The summed E-state index contributed by atoms with van der Waals surface area (Å²) in [6.07, 6.45) is 5.49. The minimum Gasteiger partial charge on any atom is -0.488 e. The van der Waals surface area contributed by atoms with E-state index in [4.69, 9.17) is 24.0 Å². The maximum absolute atomic E-state index is 6.10. The van der Waals surface area contributed by atoms with Gasteiger partial charge in [0.15, 0.2) is 6.23 Å². The largest absolute Gasteiger partial charge is 0.488 e. The Morgan fingerprint density at radius 1 is 1.07 bits per heavy atom. The minimum absolute atomic E-state index is 0.0606. The van der Waals surface area contributed by atoms with Crippen molar-refractivity contribution in [2.24, 2.45) is 0 Å². The van der Waals surface area contributed by atoms with Crippen LogP contribution in [-0.2, 0) is 9.47 Å². The second-order valence-electron chi connectivity index (χ2n) is 7.72. The summed E-state index contributed by atoms with van der Waals surface area (Å²) in [4.78, 5) is 8.85. The Bertz CT molecular complexity index is 1020. The fourth-order valence-corrected chi connectivity index (χ4v) is 3.90. The molecule has 158 valence electrons. The number of ether oxygens (including phenoxy) is 4.